The number of carbonyl (C=O) groups is 1. The van der Waals surface area contributed by atoms with Gasteiger partial charge in [-0.15, -0.1) is 20.4 Å². The summed E-state index contributed by atoms with van der Waals surface area (Å²) >= 11 is 2.55. The van der Waals surface area contributed by atoms with E-state index in [0.717, 1.165) is 16.9 Å². The number of amides is 1. The normalized spacial score (nSPS) is 10.8. The van der Waals surface area contributed by atoms with Crippen molar-refractivity contribution >= 4 is 34.1 Å². The highest BCUT2D eigenvalue weighted by Crippen LogP contribution is 2.29. The maximum absolute atomic E-state index is 13.2. The maximum atomic E-state index is 13.2. The van der Waals surface area contributed by atoms with Gasteiger partial charge in [0.05, 0.1) is 12.9 Å². The zero-order valence-electron chi connectivity index (χ0n) is 17.3. The molecule has 0 unspecified atom stereocenters. The molecule has 0 aliphatic rings. The van der Waals surface area contributed by atoms with Gasteiger partial charge in [-0.1, -0.05) is 35.2 Å². The number of benzene rings is 2. The van der Waals surface area contributed by atoms with Crippen molar-refractivity contribution in [2.75, 3.05) is 18.2 Å². The summed E-state index contributed by atoms with van der Waals surface area (Å²) in [4.78, 5) is 12.4. The number of thioether (sulfide) groups is 1. The third-order valence-corrected chi connectivity index (χ3v) is 6.31. The lowest BCUT2D eigenvalue weighted by Gasteiger charge is -2.07. The molecule has 11 heteroatoms. The van der Waals surface area contributed by atoms with Crippen LogP contribution in [0.1, 0.15) is 6.92 Å². The molecule has 1 amide bonds. The lowest BCUT2D eigenvalue weighted by Crippen LogP contribution is -2.14. The Balaban J connectivity index is 1.39. The van der Waals surface area contributed by atoms with E-state index in [1.54, 1.807) is 19.2 Å². The smallest absolute Gasteiger partial charge is 0.236 e. The maximum Gasteiger partial charge on any atom is 0.236 e. The zero-order chi connectivity index (χ0) is 22.5. The van der Waals surface area contributed by atoms with Crippen LogP contribution in [0.4, 0.5) is 9.52 Å². The zero-order valence-corrected chi connectivity index (χ0v) is 18.9. The summed E-state index contributed by atoms with van der Waals surface area (Å²) in [6.07, 6.45) is 0. The molecule has 4 aromatic rings. The average Bonchev–Trinajstić information content (AvgIpc) is 3.45. The highest BCUT2D eigenvalue weighted by atomic mass is 32.2. The number of nitrogens with one attached hydrogen (secondary N) is 1. The fourth-order valence-corrected chi connectivity index (χ4v) is 4.48. The van der Waals surface area contributed by atoms with E-state index >= 15 is 0 Å². The van der Waals surface area contributed by atoms with Crippen LogP contribution in [0.5, 0.6) is 5.75 Å². The minimum Gasteiger partial charge on any atom is -0.497 e. The first-order valence-electron chi connectivity index (χ1n) is 9.67. The van der Waals surface area contributed by atoms with Crippen LogP contribution in [-0.2, 0) is 11.3 Å². The molecule has 0 atom stereocenters. The molecular formula is C21H19FN6O2S2. The Kier molecular flexibility index (Phi) is 6.76. The van der Waals surface area contributed by atoms with Crippen molar-refractivity contribution in [3.63, 3.8) is 0 Å². The number of methoxy groups -OCH3 is 1. The van der Waals surface area contributed by atoms with Gasteiger partial charge in [0.2, 0.25) is 11.0 Å². The van der Waals surface area contributed by atoms with E-state index in [9.17, 15) is 9.18 Å². The molecule has 2 aromatic carbocycles. The van der Waals surface area contributed by atoms with Crippen molar-refractivity contribution in [3.05, 3.63) is 54.3 Å². The Hall–Kier alpha value is -3.31. The van der Waals surface area contributed by atoms with Crippen molar-refractivity contribution in [2.45, 2.75) is 18.6 Å². The van der Waals surface area contributed by atoms with Crippen molar-refractivity contribution in [3.8, 4) is 27.7 Å². The SMILES string of the molecule is CCn1c(SCC(=O)Nc2nnc(-c3cccc(OC)c3)s2)nnc1-c1ccc(F)cc1. The molecule has 0 bridgehead atoms. The van der Waals surface area contributed by atoms with Gasteiger partial charge in [0.1, 0.15) is 16.6 Å². The topological polar surface area (TPSA) is 94.8 Å². The van der Waals surface area contributed by atoms with Crippen molar-refractivity contribution in [1.82, 2.24) is 25.0 Å². The molecule has 0 radical (unpaired) electrons. The standard InChI is InChI=1S/C21H19FN6O2S2/c1-3-28-18(13-7-9-15(22)10-8-13)24-27-21(28)31-12-17(29)23-20-26-25-19(32-20)14-5-4-6-16(11-14)30-2/h4-11H,3,12H2,1-2H3,(H,23,26,29). The number of halogens is 1. The van der Waals surface area contributed by atoms with Crippen LogP contribution in [0.15, 0.2) is 53.7 Å². The van der Waals surface area contributed by atoms with Crippen molar-refractivity contribution < 1.29 is 13.9 Å². The van der Waals surface area contributed by atoms with Gasteiger partial charge in [-0.3, -0.25) is 10.1 Å². The fourth-order valence-electron chi connectivity index (χ4n) is 2.92. The number of nitrogens with zero attached hydrogens (tertiary/aromatic N) is 5. The van der Waals surface area contributed by atoms with Crippen LogP contribution in [0.3, 0.4) is 0 Å². The van der Waals surface area contributed by atoms with Crippen LogP contribution in [-0.4, -0.2) is 43.7 Å². The van der Waals surface area contributed by atoms with E-state index in [0.29, 0.717) is 27.7 Å². The highest BCUT2D eigenvalue weighted by Gasteiger charge is 2.16. The van der Waals surface area contributed by atoms with Crippen LogP contribution >= 0.6 is 23.1 Å². The number of aromatic nitrogens is 5. The molecule has 0 saturated heterocycles. The van der Waals surface area contributed by atoms with Gasteiger partial charge in [0.25, 0.3) is 0 Å². The van der Waals surface area contributed by atoms with E-state index in [-0.39, 0.29) is 17.5 Å². The second-order valence-electron chi connectivity index (χ2n) is 6.54. The molecule has 0 aliphatic carbocycles. The van der Waals surface area contributed by atoms with Crippen LogP contribution in [0.25, 0.3) is 22.0 Å². The molecular weight excluding hydrogens is 451 g/mol. The van der Waals surface area contributed by atoms with E-state index < -0.39 is 0 Å². The molecule has 164 valence electrons. The molecule has 4 rings (SSSR count). The van der Waals surface area contributed by atoms with E-state index in [2.05, 4.69) is 25.7 Å². The predicted molar refractivity (Wildman–Crippen MR) is 122 cm³/mol. The Morgan fingerprint density at radius 1 is 1.12 bits per heavy atom. The van der Waals surface area contributed by atoms with Gasteiger partial charge >= 0.3 is 0 Å². The number of ether oxygens (including phenoxy) is 1. The minimum absolute atomic E-state index is 0.135. The average molecular weight is 471 g/mol. The Labute approximate surface area is 191 Å². The molecule has 32 heavy (non-hydrogen) atoms. The van der Waals surface area contributed by atoms with Gasteiger partial charge in [0, 0.05) is 17.7 Å². The summed E-state index contributed by atoms with van der Waals surface area (Å²) < 4.78 is 20.3. The van der Waals surface area contributed by atoms with Crippen LogP contribution < -0.4 is 10.1 Å². The van der Waals surface area contributed by atoms with Gasteiger partial charge in [-0.25, -0.2) is 4.39 Å². The quantitative estimate of drug-likeness (QED) is 0.382. The third-order valence-electron chi connectivity index (χ3n) is 4.46. The van der Waals surface area contributed by atoms with Gasteiger partial charge in [-0.05, 0) is 43.3 Å². The summed E-state index contributed by atoms with van der Waals surface area (Å²) in [6.45, 7) is 2.58. The number of rotatable bonds is 8. The molecule has 1 N–H and O–H groups in total. The van der Waals surface area contributed by atoms with Crippen molar-refractivity contribution in [1.29, 1.82) is 0 Å². The second-order valence-corrected chi connectivity index (χ2v) is 8.46. The predicted octanol–water partition coefficient (Wildman–Crippen LogP) is 4.36. The summed E-state index contributed by atoms with van der Waals surface area (Å²) in [5.41, 5.74) is 1.62. The summed E-state index contributed by atoms with van der Waals surface area (Å²) in [5, 5.41) is 21.1. The number of hydrogen-bond donors (Lipinski definition) is 1. The molecule has 0 saturated carbocycles. The summed E-state index contributed by atoms with van der Waals surface area (Å²) in [6, 6.07) is 13.6. The van der Waals surface area contributed by atoms with Crippen molar-refractivity contribution in [2.24, 2.45) is 0 Å². The molecule has 2 aromatic heterocycles. The van der Waals surface area contributed by atoms with E-state index in [1.807, 2.05) is 35.8 Å². The van der Waals surface area contributed by atoms with Gasteiger partial charge in [-0.2, -0.15) is 0 Å². The number of anilines is 1. The first-order valence-corrected chi connectivity index (χ1v) is 11.5. The Morgan fingerprint density at radius 3 is 2.69 bits per heavy atom. The number of hydrogen-bond acceptors (Lipinski definition) is 8. The second kappa shape index (κ2) is 9.88. The van der Waals surface area contributed by atoms with Crippen LogP contribution in [0.2, 0.25) is 0 Å². The third kappa shape index (κ3) is 4.94. The lowest BCUT2D eigenvalue weighted by molar-refractivity contribution is -0.113. The molecule has 8 nitrogen and oxygen atoms in total. The first kappa shape index (κ1) is 21.9. The van der Waals surface area contributed by atoms with Gasteiger partial charge in [0.15, 0.2) is 11.0 Å². The molecule has 0 spiro atoms. The largest absolute Gasteiger partial charge is 0.497 e. The fraction of sp³-hybridized carbons (Fsp3) is 0.190. The van der Waals surface area contributed by atoms with E-state index in [1.165, 1.54) is 35.2 Å². The Bertz CT molecular complexity index is 1230. The van der Waals surface area contributed by atoms with Gasteiger partial charge < -0.3 is 9.30 Å². The molecule has 0 fully saturated rings. The highest BCUT2D eigenvalue weighted by molar-refractivity contribution is 7.99. The number of carbonyl (C=O) groups excluding carboxylic acids is 1. The first-order chi connectivity index (χ1) is 15.6. The molecule has 0 aliphatic heterocycles. The minimum atomic E-state index is -0.311. The Morgan fingerprint density at radius 2 is 1.94 bits per heavy atom. The monoisotopic (exact) mass is 470 g/mol. The lowest BCUT2D eigenvalue weighted by atomic mass is 10.2. The summed E-state index contributed by atoms with van der Waals surface area (Å²) in [5.74, 6) is 0.948. The molecule has 2 heterocycles. The summed E-state index contributed by atoms with van der Waals surface area (Å²) in [7, 11) is 1.60. The van der Waals surface area contributed by atoms with Crippen LogP contribution in [0, 0.1) is 5.82 Å². The van der Waals surface area contributed by atoms with E-state index in [4.69, 9.17) is 4.74 Å².